The summed E-state index contributed by atoms with van der Waals surface area (Å²) in [7, 11) is 7.03. The monoisotopic (exact) mass is 908 g/mol. The first-order chi connectivity index (χ1) is 29.2. The molecule has 0 amide bonds. The maximum atomic E-state index is 13.0. The van der Waals surface area contributed by atoms with E-state index in [1.807, 2.05) is 51.7 Å². The van der Waals surface area contributed by atoms with Crippen LogP contribution in [0.25, 0.3) is 0 Å². The molecule has 0 aromatic heterocycles. The molecule has 3 fully saturated rings. The average Bonchev–Trinajstić information content (AvgIpc) is 3.19. The molecule has 0 aromatic carbocycles. The highest BCUT2D eigenvalue weighted by Gasteiger charge is 2.54. The van der Waals surface area contributed by atoms with Gasteiger partial charge in [-0.2, -0.15) is 0 Å². The molecule has 3 aliphatic rings. The van der Waals surface area contributed by atoms with E-state index in [1.54, 1.807) is 55.4 Å². The molecule has 19 atom stereocenters. The Labute approximate surface area is 374 Å². The van der Waals surface area contributed by atoms with Gasteiger partial charge in [0, 0.05) is 50.8 Å². The van der Waals surface area contributed by atoms with Crippen molar-refractivity contribution in [3.05, 3.63) is 10.1 Å². The van der Waals surface area contributed by atoms with Gasteiger partial charge >= 0.3 is 11.9 Å². The van der Waals surface area contributed by atoms with E-state index in [-0.39, 0.29) is 50.2 Å². The van der Waals surface area contributed by atoms with Crippen LogP contribution in [0.15, 0.2) is 0 Å². The highest BCUT2D eigenvalue weighted by molar-refractivity contribution is 5.69. The molecule has 0 aromatic rings. The van der Waals surface area contributed by atoms with Crippen molar-refractivity contribution in [3.63, 3.8) is 0 Å². The number of rotatable bonds is 13. The van der Waals surface area contributed by atoms with E-state index in [4.69, 9.17) is 42.7 Å². The number of carbonyl (C=O) groups excluding carboxylic acids is 2. The largest absolute Gasteiger partial charge is 0.458 e. The van der Waals surface area contributed by atoms with E-state index >= 15 is 0 Å². The molecule has 19 heteroatoms. The van der Waals surface area contributed by atoms with Gasteiger partial charge in [-0.05, 0) is 87.9 Å². The Hall–Kier alpha value is -2.30. The van der Waals surface area contributed by atoms with Crippen molar-refractivity contribution in [2.24, 2.45) is 17.8 Å². The number of methoxy groups -OCH3 is 1. The Morgan fingerprint density at radius 2 is 1.46 bits per heavy atom. The lowest BCUT2D eigenvalue weighted by atomic mass is 9.77. The van der Waals surface area contributed by atoms with Crippen LogP contribution in [0.1, 0.15) is 122 Å². The van der Waals surface area contributed by atoms with Crippen molar-refractivity contribution in [1.82, 2.24) is 9.80 Å². The first kappa shape index (κ1) is 55.0. The quantitative estimate of drug-likeness (QED) is 0.136. The number of aliphatic hydroxyl groups is 3. The number of aliphatic hydroxyl groups excluding tert-OH is 1. The van der Waals surface area contributed by atoms with Gasteiger partial charge in [0.1, 0.15) is 11.7 Å². The van der Waals surface area contributed by atoms with Crippen LogP contribution >= 0.6 is 0 Å². The van der Waals surface area contributed by atoms with Crippen molar-refractivity contribution in [2.75, 3.05) is 34.8 Å². The molecule has 368 valence electrons. The molecule has 3 aliphatic heterocycles. The molecular weight excluding hydrogens is 826 g/mol. The number of nitrogens with zero attached hydrogens (tertiary/aromatic N) is 3. The molecule has 0 aliphatic carbocycles. The Kier molecular flexibility index (Phi) is 20.0. The smallest absolute Gasteiger partial charge is 0.306 e. The molecule has 0 radical (unpaired) electrons. The highest BCUT2D eigenvalue weighted by atomic mass is 17.0. The van der Waals surface area contributed by atoms with Gasteiger partial charge in [-0.3, -0.25) is 14.5 Å². The summed E-state index contributed by atoms with van der Waals surface area (Å²) >= 11 is 0. The normalized spacial score (nSPS) is 43.9. The standard InChI is InChI=1S/C44H81N3O16/c1-17-31-44(12,52)38(60-33(49)19-3)28(8)46(15)23-24(4)21-42(10,51)37(62-41-36(59-32(48)18-2)30(45(13)14)20-25(5)56-41)26(6)35(27(7)40(50)58-31)61-34-22-43(11,55-16)39(29(9)57-34)63-47(53)54/h24-31,34-41,50-52H,17-23H2,1-16H3/t24-,25-,26+,27-,28-,29+,30?,31-,34+,35+,36-,37-,38-,39+,40?,41+,42-,43-,44-/m1/s1. The second kappa shape index (κ2) is 22.9. The summed E-state index contributed by atoms with van der Waals surface area (Å²) in [5.41, 5.74) is -4.74. The van der Waals surface area contributed by atoms with Gasteiger partial charge in [-0.15, -0.1) is 10.1 Å². The van der Waals surface area contributed by atoms with Crippen LogP contribution in [-0.2, 0) is 52.3 Å². The van der Waals surface area contributed by atoms with E-state index in [1.165, 1.54) is 14.0 Å². The van der Waals surface area contributed by atoms with E-state index < -0.39 is 113 Å². The van der Waals surface area contributed by atoms with Crippen molar-refractivity contribution in [1.29, 1.82) is 0 Å². The fourth-order valence-corrected chi connectivity index (χ4v) is 9.92. The fourth-order valence-electron chi connectivity index (χ4n) is 9.92. The topological polar surface area (TPSA) is 228 Å². The van der Waals surface area contributed by atoms with E-state index in [9.17, 15) is 35.0 Å². The molecule has 3 rings (SSSR count). The predicted octanol–water partition coefficient (Wildman–Crippen LogP) is 3.83. The van der Waals surface area contributed by atoms with Crippen molar-refractivity contribution >= 4 is 11.9 Å². The molecule has 3 N–H and O–H groups in total. The van der Waals surface area contributed by atoms with E-state index in [0.29, 0.717) is 13.0 Å². The maximum absolute atomic E-state index is 13.0. The van der Waals surface area contributed by atoms with Crippen LogP contribution < -0.4 is 0 Å². The third-order valence-electron chi connectivity index (χ3n) is 13.5. The molecule has 3 heterocycles. The van der Waals surface area contributed by atoms with Gasteiger partial charge in [0.05, 0.1) is 47.8 Å². The van der Waals surface area contributed by atoms with Crippen molar-refractivity contribution < 1.29 is 72.7 Å². The lowest BCUT2D eigenvalue weighted by Gasteiger charge is -2.50. The van der Waals surface area contributed by atoms with Gasteiger partial charge in [-0.25, -0.2) is 0 Å². The zero-order chi connectivity index (χ0) is 47.9. The summed E-state index contributed by atoms with van der Waals surface area (Å²) in [5, 5.41) is 48.1. The number of likely N-dealkylation sites (N-methyl/N-ethyl adjacent to an activating group) is 2. The van der Waals surface area contributed by atoms with E-state index in [2.05, 4.69) is 0 Å². The average molecular weight is 908 g/mol. The number of carbonyl (C=O) groups is 2. The van der Waals surface area contributed by atoms with Gasteiger partial charge in [0.15, 0.2) is 31.1 Å². The van der Waals surface area contributed by atoms with Crippen LogP contribution in [0.4, 0.5) is 0 Å². The summed E-state index contributed by atoms with van der Waals surface area (Å²) < 4.78 is 50.8. The number of hydrogen-bond acceptors (Lipinski definition) is 18. The SMILES string of the molecule is CCC(=O)O[C@@H]1C(N(C)C)C[C@@H](C)O[C@H]1O[C@@H]1[C@@H](C)[C@H](O[C@H]2C[C@@](C)(OC)[C@@H](O[N+](=O)[O-])[C@H](C)O2)[C@@H](C)C(O)O[C@H](CC)[C@@](C)(O)[C@H](OC(=O)CC)[C@@H](C)N(C)C[C@H](C)C[C@@]1(C)O. The summed E-state index contributed by atoms with van der Waals surface area (Å²) in [6.45, 7) is 21.2. The predicted molar refractivity (Wildman–Crippen MR) is 229 cm³/mol. The molecule has 0 bridgehead atoms. The molecule has 0 saturated carbocycles. The Bertz CT molecular complexity index is 1470. The zero-order valence-electron chi connectivity index (χ0n) is 40.7. The minimum atomic E-state index is -1.81. The summed E-state index contributed by atoms with van der Waals surface area (Å²) in [4.78, 5) is 46.4. The van der Waals surface area contributed by atoms with Crippen molar-refractivity contribution in [3.8, 4) is 0 Å². The van der Waals surface area contributed by atoms with Crippen LogP contribution in [0.3, 0.4) is 0 Å². The molecule has 63 heavy (non-hydrogen) atoms. The first-order valence-corrected chi connectivity index (χ1v) is 22.7. The lowest BCUT2D eigenvalue weighted by Crippen LogP contribution is -2.61. The number of ether oxygens (including phenoxy) is 8. The number of esters is 2. The third kappa shape index (κ3) is 13.6. The minimum absolute atomic E-state index is 0.0397. The summed E-state index contributed by atoms with van der Waals surface area (Å²) in [6, 6.07) is -0.862. The molecule has 3 saturated heterocycles. The van der Waals surface area contributed by atoms with Crippen LogP contribution in [-0.4, -0.2) is 174 Å². The molecule has 19 nitrogen and oxygen atoms in total. The van der Waals surface area contributed by atoms with Gasteiger partial charge in [-0.1, -0.05) is 41.5 Å². The zero-order valence-corrected chi connectivity index (χ0v) is 40.7. The lowest BCUT2D eigenvalue weighted by molar-refractivity contribution is -0.776. The van der Waals surface area contributed by atoms with Gasteiger partial charge in [0.25, 0.3) is 5.09 Å². The Balaban J connectivity index is 2.28. The van der Waals surface area contributed by atoms with Crippen LogP contribution in [0, 0.1) is 27.9 Å². The second-order valence-electron chi connectivity index (χ2n) is 19.3. The Morgan fingerprint density at radius 3 is 2.00 bits per heavy atom. The fraction of sp³-hybridized carbons (Fsp3) is 0.955. The van der Waals surface area contributed by atoms with E-state index in [0.717, 1.165) is 0 Å². The van der Waals surface area contributed by atoms with Gasteiger partial charge < -0.3 is 63.0 Å². The van der Waals surface area contributed by atoms with Crippen LogP contribution in [0.2, 0.25) is 0 Å². The Morgan fingerprint density at radius 1 is 0.857 bits per heavy atom. The third-order valence-corrected chi connectivity index (χ3v) is 13.5. The van der Waals surface area contributed by atoms with Gasteiger partial charge in [0.2, 0.25) is 0 Å². The summed E-state index contributed by atoms with van der Waals surface area (Å²) in [5.74, 6) is -2.99. The number of hydrogen-bond donors (Lipinski definition) is 3. The molecular formula is C44H81N3O16. The first-order valence-electron chi connectivity index (χ1n) is 22.7. The highest BCUT2D eigenvalue weighted by Crippen LogP contribution is 2.42. The molecule has 2 unspecified atom stereocenters. The van der Waals surface area contributed by atoms with Crippen LogP contribution in [0.5, 0.6) is 0 Å². The summed E-state index contributed by atoms with van der Waals surface area (Å²) in [6.07, 6.45) is -10.5. The minimum Gasteiger partial charge on any atom is -0.458 e. The maximum Gasteiger partial charge on any atom is 0.306 e. The van der Waals surface area contributed by atoms with Crippen molar-refractivity contribution in [2.45, 2.75) is 218 Å². The molecule has 0 spiro atoms. The second-order valence-corrected chi connectivity index (χ2v) is 19.3.